The van der Waals surface area contributed by atoms with Crippen molar-refractivity contribution in [2.24, 2.45) is 0 Å². The molecule has 4 nitrogen and oxygen atoms in total. The van der Waals surface area contributed by atoms with Gasteiger partial charge in [0.1, 0.15) is 11.1 Å². The van der Waals surface area contributed by atoms with E-state index < -0.39 is 0 Å². The van der Waals surface area contributed by atoms with Crippen LogP contribution in [0.3, 0.4) is 0 Å². The maximum atomic E-state index is 12.3. The van der Waals surface area contributed by atoms with Gasteiger partial charge in [-0.3, -0.25) is 9.69 Å². The third kappa shape index (κ3) is 3.94. The highest BCUT2D eigenvalue weighted by molar-refractivity contribution is 7.14. The summed E-state index contributed by atoms with van der Waals surface area (Å²) in [6.45, 7) is 4.62. The molecular weight excluding hydrogens is 294 g/mol. The summed E-state index contributed by atoms with van der Waals surface area (Å²) in [7, 11) is 1.92. The van der Waals surface area contributed by atoms with Gasteiger partial charge in [-0.25, -0.2) is 0 Å². The van der Waals surface area contributed by atoms with Gasteiger partial charge in [0.05, 0.1) is 11.6 Å². The molecule has 114 valence electrons. The summed E-state index contributed by atoms with van der Waals surface area (Å²) >= 11 is 1.36. The van der Waals surface area contributed by atoms with Crippen LogP contribution in [-0.2, 0) is 11.3 Å². The van der Waals surface area contributed by atoms with Crippen molar-refractivity contribution in [1.82, 2.24) is 4.90 Å². The lowest BCUT2D eigenvalue weighted by Crippen LogP contribution is -2.39. The second kappa shape index (κ2) is 7.21. The molecule has 0 saturated carbocycles. The molecule has 1 heterocycles. The molecule has 0 spiro atoms. The van der Waals surface area contributed by atoms with Crippen molar-refractivity contribution in [3.63, 3.8) is 0 Å². The molecule has 1 aromatic carbocycles. The molecule has 0 fully saturated rings. The van der Waals surface area contributed by atoms with Crippen LogP contribution in [-0.4, -0.2) is 23.9 Å². The molecule has 0 radical (unpaired) electrons. The number of thiophene rings is 1. The maximum Gasteiger partial charge on any atom is 0.242 e. The fraction of sp³-hybridized carbons (Fsp3) is 0.294. The largest absolute Gasteiger partial charge is 0.315 e. The minimum absolute atomic E-state index is 0.103. The molecule has 22 heavy (non-hydrogen) atoms. The highest BCUT2D eigenvalue weighted by Gasteiger charge is 2.19. The summed E-state index contributed by atoms with van der Waals surface area (Å²) in [6, 6.07) is 11.8. The van der Waals surface area contributed by atoms with Crippen LogP contribution < -0.4 is 5.32 Å². The topological polar surface area (TPSA) is 56.1 Å². The summed E-state index contributed by atoms with van der Waals surface area (Å²) in [5.74, 6) is -0.103. The fourth-order valence-electron chi connectivity index (χ4n) is 2.03. The van der Waals surface area contributed by atoms with Crippen molar-refractivity contribution in [1.29, 1.82) is 5.26 Å². The van der Waals surface area contributed by atoms with Crippen LogP contribution in [0.4, 0.5) is 5.00 Å². The molecule has 0 aliphatic heterocycles. The van der Waals surface area contributed by atoms with Crippen molar-refractivity contribution in [2.75, 3.05) is 12.4 Å². The SMILES string of the molecule is Cc1ccc(CN(C)C(C)C(=O)Nc2sccc2C#N)cc1. The minimum atomic E-state index is -0.282. The number of carbonyl (C=O) groups excluding carboxylic acids is 1. The number of nitriles is 1. The van der Waals surface area contributed by atoms with E-state index in [9.17, 15) is 4.79 Å². The van der Waals surface area contributed by atoms with Gasteiger partial charge in [0.25, 0.3) is 0 Å². The third-order valence-corrected chi connectivity index (χ3v) is 4.45. The minimum Gasteiger partial charge on any atom is -0.315 e. The van der Waals surface area contributed by atoms with E-state index >= 15 is 0 Å². The average molecular weight is 313 g/mol. The lowest BCUT2D eigenvalue weighted by atomic mass is 10.1. The van der Waals surface area contributed by atoms with Gasteiger partial charge < -0.3 is 5.32 Å². The molecule has 0 aliphatic rings. The zero-order valence-corrected chi connectivity index (χ0v) is 13.8. The van der Waals surface area contributed by atoms with Crippen molar-refractivity contribution in [2.45, 2.75) is 26.4 Å². The predicted molar refractivity (Wildman–Crippen MR) is 89.8 cm³/mol. The van der Waals surface area contributed by atoms with Crippen LogP contribution in [0.25, 0.3) is 0 Å². The lowest BCUT2D eigenvalue weighted by Gasteiger charge is -2.23. The summed E-state index contributed by atoms with van der Waals surface area (Å²) in [6.07, 6.45) is 0. The first-order valence-corrected chi connectivity index (χ1v) is 7.93. The standard InChI is InChI=1S/C17H19N3OS/c1-12-4-6-14(7-5-12)11-20(3)13(2)16(21)19-17-15(10-18)8-9-22-17/h4-9,13H,11H2,1-3H3,(H,19,21). The molecule has 0 aliphatic carbocycles. The molecule has 1 atom stereocenters. The molecule has 1 amide bonds. The number of anilines is 1. The molecule has 1 unspecified atom stereocenters. The average Bonchev–Trinajstić information content (AvgIpc) is 2.95. The van der Waals surface area contributed by atoms with Gasteiger partial charge >= 0.3 is 0 Å². The van der Waals surface area contributed by atoms with E-state index in [1.54, 1.807) is 11.4 Å². The molecule has 2 rings (SSSR count). The van der Waals surface area contributed by atoms with Gasteiger partial charge in [-0.1, -0.05) is 29.8 Å². The first-order chi connectivity index (χ1) is 10.5. The van der Waals surface area contributed by atoms with Gasteiger partial charge in [-0.05, 0) is 37.9 Å². The Bertz CT molecular complexity index is 685. The Morgan fingerprint density at radius 1 is 1.36 bits per heavy atom. The van der Waals surface area contributed by atoms with Crippen LogP contribution in [0.2, 0.25) is 0 Å². The Hall–Kier alpha value is -2.16. The molecule has 0 saturated heterocycles. The van der Waals surface area contributed by atoms with Crippen LogP contribution in [0.15, 0.2) is 35.7 Å². The van der Waals surface area contributed by atoms with Crippen molar-refractivity contribution in [3.05, 3.63) is 52.4 Å². The molecule has 5 heteroatoms. The van der Waals surface area contributed by atoms with Crippen molar-refractivity contribution in [3.8, 4) is 6.07 Å². The maximum absolute atomic E-state index is 12.3. The Labute approximate surface area is 135 Å². The number of hydrogen-bond acceptors (Lipinski definition) is 4. The van der Waals surface area contributed by atoms with E-state index in [1.165, 1.54) is 22.5 Å². The number of amides is 1. The Kier molecular flexibility index (Phi) is 5.31. The Morgan fingerprint density at radius 3 is 2.68 bits per heavy atom. The van der Waals surface area contributed by atoms with E-state index in [0.717, 1.165) is 0 Å². The summed E-state index contributed by atoms with van der Waals surface area (Å²) in [5, 5.41) is 14.2. The van der Waals surface area contributed by atoms with E-state index in [1.807, 2.05) is 18.9 Å². The van der Waals surface area contributed by atoms with Gasteiger partial charge in [0.2, 0.25) is 5.91 Å². The smallest absolute Gasteiger partial charge is 0.242 e. The third-order valence-electron chi connectivity index (χ3n) is 3.62. The zero-order chi connectivity index (χ0) is 16.1. The number of aryl methyl sites for hydroxylation is 1. The molecule has 0 bridgehead atoms. The summed E-state index contributed by atoms with van der Waals surface area (Å²) in [4.78, 5) is 14.3. The fourth-order valence-corrected chi connectivity index (χ4v) is 2.77. The van der Waals surface area contributed by atoms with E-state index in [2.05, 4.69) is 42.6 Å². The van der Waals surface area contributed by atoms with Gasteiger partial charge in [0, 0.05) is 6.54 Å². The highest BCUT2D eigenvalue weighted by atomic mass is 32.1. The van der Waals surface area contributed by atoms with E-state index in [0.29, 0.717) is 17.1 Å². The molecule has 1 N–H and O–H groups in total. The second-order valence-electron chi connectivity index (χ2n) is 5.34. The van der Waals surface area contributed by atoms with Crippen LogP contribution in [0.5, 0.6) is 0 Å². The lowest BCUT2D eigenvalue weighted by molar-refractivity contribution is -0.120. The predicted octanol–water partition coefficient (Wildman–Crippen LogP) is 3.39. The first-order valence-electron chi connectivity index (χ1n) is 7.05. The van der Waals surface area contributed by atoms with Gasteiger partial charge in [0.15, 0.2) is 0 Å². The van der Waals surface area contributed by atoms with Gasteiger partial charge in [-0.15, -0.1) is 11.3 Å². The number of nitrogens with one attached hydrogen (secondary N) is 1. The van der Waals surface area contributed by atoms with Crippen molar-refractivity contribution >= 4 is 22.2 Å². The quantitative estimate of drug-likeness (QED) is 0.920. The highest BCUT2D eigenvalue weighted by Crippen LogP contribution is 2.22. The second-order valence-corrected chi connectivity index (χ2v) is 6.26. The number of rotatable bonds is 5. The normalized spacial score (nSPS) is 12.0. The zero-order valence-electron chi connectivity index (χ0n) is 13.0. The Morgan fingerprint density at radius 2 is 2.05 bits per heavy atom. The van der Waals surface area contributed by atoms with E-state index in [4.69, 9.17) is 5.26 Å². The summed E-state index contributed by atoms with van der Waals surface area (Å²) in [5.41, 5.74) is 2.90. The van der Waals surface area contributed by atoms with Crippen LogP contribution in [0, 0.1) is 18.3 Å². The number of benzene rings is 1. The number of hydrogen-bond donors (Lipinski definition) is 1. The molecule has 1 aromatic heterocycles. The Balaban J connectivity index is 1.97. The number of nitrogens with zero attached hydrogens (tertiary/aromatic N) is 2. The summed E-state index contributed by atoms with van der Waals surface area (Å²) < 4.78 is 0. The number of likely N-dealkylation sites (N-methyl/N-ethyl adjacent to an activating group) is 1. The molecule has 2 aromatic rings. The molecular formula is C17H19N3OS. The number of carbonyl (C=O) groups is 1. The first kappa shape index (κ1) is 16.2. The van der Waals surface area contributed by atoms with Crippen molar-refractivity contribution < 1.29 is 4.79 Å². The monoisotopic (exact) mass is 313 g/mol. The van der Waals surface area contributed by atoms with Crippen LogP contribution >= 0.6 is 11.3 Å². The van der Waals surface area contributed by atoms with Gasteiger partial charge in [-0.2, -0.15) is 5.26 Å². The van der Waals surface area contributed by atoms with E-state index in [-0.39, 0.29) is 11.9 Å². The van der Waals surface area contributed by atoms with Crippen LogP contribution in [0.1, 0.15) is 23.6 Å².